The standard InChI is InChI=1S/C9H15NO4/c1-7(11)4-10(14,5-8(2)12)6-9(3)13/h4-6H2,1-3H3/q+1. The van der Waals surface area contributed by atoms with Crippen LogP contribution in [0.15, 0.2) is 0 Å². The molecule has 0 aromatic heterocycles. The Morgan fingerprint density at radius 1 is 0.786 bits per heavy atom. The van der Waals surface area contributed by atoms with E-state index < -0.39 is 4.65 Å². The van der Waals surface area contributed by atoms with Gasteiger partial charge in [0.25, 0.3) is 0 Å². The number of rotatable bonds is 6. The van der Waals surface area contributed by atoms with Crippen molar-refractivity contribution in [1.82, 2.24) is 0 Å². The van der Waals surface area contributed by atoms with Crippen molar-refractivity contribution in [3.05, 3.63) is 0 Å². The van der Waals surface area contributed by atoms with E-state index in [1.807, 2.05) is 0 Å². The third-order valence-corrected chi connectivity index (χ3v) is 1.53. The molecule has 0 saturated heterocycles. The van der Waals surface area contributed by atoms with Crippen LogP contribution in [0.25, 0.3) is 0 Å². The van der Waals surface area contributed by atoms with E-state index in [0.717, 1.165) is 0 Å². The molecule has 0 atom stereocenters. The lowest BCUT2D eigenvalue weighted by molar-refractivity contribution is -1.11. The summed E-state index contributed by atoms with van der Waals surface area (Å²) in [5, 5.41) is 11.8. The van der Waals surface area contributed by atoms with Gasteiger partial charge in [0.2, 0.25) is 0 Å². The molecular formula is C9H15NO4+. The summed E-state index contributed by atoms with van der Waals surface area (Å²) < 4.78 is -1.06. The van der Waals surface area contributed by atoms with Crippen LogP contribution in [0.3, 0.4) is 0 Å². The summed E-state index contributed by atoms with van der Waals surface area (Å²) in [4.78, 5) is 32.4. The molecule has 0 spiro atoms. The van der Waals surface area contributed by atoms with Gasteiger partial charge in [0.15, 0.2) is 37.0 Å². The van der Waals surface area contributed by atoms with E-state index in [9.17, 15) is 19.6 Å². The van der Waals surface area contributed by atoms with E-state index in [2.05, 4.69) is 0 Å². The van der Waals surface area contributed by atoms with Crippen LogP contribution in [0.5, 0.6) is 0 Å². The van der Waals surface area contributed by atoms with Crippen molar-refractivity contribution in [2.24, 2.45) is 0 Å². The lowest BCUT2D eigenvalue weighted by atomic mass is 10.3. The largest absolute Gasteiger partial charge is 0.294 e. The average molecular weight is 201 g/mol. The predicted molar refractivity (Wildman–Crippen MR) is 47.6 cm³/mol. The number of hydrogen-bond donors (Lipinski definition) is 0. The summed E-state index contributed by atoms with van der Waals surface area (Å²) in [6, 6.07) is 0. The molecule has 5 nitrogen and oxygen atoms in total. The van der Waals surface area contributed by atoms with Gasteiger partial charge in [-0.15, -0.1) is 4.65 Å². The van der Waals surface area contributed by atoms with Gasteiger partial charge in [0, 0.05) is 26.0 Å². The normalized spacial score (nSPS) is 11.1. The molecule has 79 valence electrons. The topological polar surface area (TPSA) is 71.1 Å². The average Bonchev–Trinajstić information content (AvgIpc) is 1.76. The van der Waals surface area contributed by atoms with E-state index in [1.165, 1.54) is 20.8 Å². The molecule has 1 radical (unpaired) electrons. The van der Waals surface area contributed by atoms with E-state index in [0.29, 0.717) is 0 Å². The summed E-state index contributed by atoms with van der Waals surface area (Å²) in [5.41, 5.74) is 0. The van der Waals surface area contributed by atoms with Crippen molar-refractivity contribution in [1.29, 1.82) is 0 Å². The Balaban J connectivity index is 4.56. The van der Waals surface area contributed by atoms with Crippen molar-refractivity contribution >= 4 is 17.3 Å². The van der Waals surface area contributed by atoms with Crippen molar-refractivity contribution in [3.63, 3.8) is 0 Å². The van der Waals surface area contributed by atoms with E-state index in [1.54, 1.807) is 0 Å². The SMILES string of the molecule is CC(=O)C[N+]([O])(CC(C)=O)CC(C)=O. The molecule has 0 amide bonds. The van der Waals surface area contributed by atoms with E-state index in [-0.39, 0.29) is 37.0 Å². The second-order valence-electron chi connectivity index (χ2n) is 3.64. The molecule has 0 fully saturated rings. The van der Waals surface area contributed by atoms with Gasteiger partial charge in [-0.3, -0.25) is 14.4 Å². The van der Waals surface area contributed by atoms with Crippen LogP contribution in [-0.4, -0.2) is 41.6 Å². The van der Waals surface area contributed by atoms with E-state index >= 15 is 0 Å². The van der Waals surface area contributed by atoms with Crippen LogP contribution in [-0.2, 0) is 19.6 Å². The van der Waals surface area contributed by atoms with Crippen molar-refractivity contribution in [2.75, 3.05) is 19.6 Å². The minimum absolute atomic E-state index is 0.317. The molecule has 14 heavy (non-hydrogen) atoms. The lowest BCUT2D eigenvalue weighted by Crippen LogP contribution is -2.51. The smallest absolute Gasteiger partial charge is 0.186 e. The van der Waals surface area contributed by atoms with Gasteiger partial charge < -0.3 is 0 Å². The van der Waals surface area contributed by atoms with Gasteiger partial charge >= 0.3 is 0 Å². The zero-order valence-corrected chi connectivity index (χ0v) is 8.70. The highest BCUT2D eigenvalue weighted by atomic mass is 16.5. The highest BCUT2D eigenvalue weighted by Gasteiger charge is 2.33. The first-order valence-electron chi connectivity index (χ1n) is 4.30. The molecule has 0 bridgehead atoms. The number of hydroxylamine groups is 3. The monoisotopic (exact) mass is 201 g/mol. The molecule has 0 aliphatic carbocycles. The first-order chi connectivity index (χ1) is 6.25. The molecule has 0 rings (SSSR count). The zero-order valence-electron chi connectivity index (χ0n) is 8.70. The van der Waals surface area contributed by atoms with E-state index in [4.69, 9.17) is 0 Å². The molecule has 0 aliphatic rings. The van der Waals surface area contributed by atoms with Crippen LogP contribution < -0.4 is 0 Å². The van der Waals surface area contributed by atoms with Gasteiger partial charge in [-0.05, 0) is 0 Å². The quantitative estimate of drug-likeness (QED) is 0.445. The number of quaternary nitrogens is 1. The summed E-state index contributed by atoms with van der Waals surface area (Å²) >= 11 is 0. The Bertz CT molecular complexity index is 219. The fourth-order valence-corrected chi connectivity index (χ4v) is 1.39. The van der Waals surface area contributed by atoms with Gasteiger partial charge in [0.1, 0.15) is 0 Å². The van der Waals surface area contributed by atoms with Gasteiger partial charge in [-0.1, -0.05) is 0 Å². The Morgan fingerprint density at radius 3 is 1.14 bits per heavy atom. The third-order valence-electron chi connectivity index (χ3n) is 1.53. The molecule has 0 unspecified atom stereocenters. The Kier molecular flexibility index (Phi) is 4.59. The van der Waals surface area contributed by atoms with Crippen LogP contribution in [0.1, 0.15) is 20.8 Å². The zero-order chi connectivity index (χ0) is 11.4. The van der Waals surface area contributed by atoms with Gasteiger partial charge in [-0.2, -0.15) is 0 Å². The van der Waals surface area contributed by atoms with Gasteiger partial charge in [-0.25, -0.2) is 0 Å². The molecule has 0 aromatic carbocycles. The maximum atomic E-state index is 11.8. The number of Topliss-reactive ketones (excluding diaryl/α,β-unsaturated/α-hetero) is 3. The second kappa shape index (κ2) is 4.97. The summed E-state index contributed by atoms with van der Waals surface area (Å²) in [6.45, 7) is 2.85. The minimum Gasteiger partial charge on any atom is -0.294 e. The van der Waals surface area contributed by atoms with Crippen LogP contribution in [0, 0.1) is 0 Å². The highest BCUT2D eigenvalue weighted by molar-refractivity contribution is 5.81. The summed E-state index contributed by atoms with van der Waals surface area (Å²) in [6.07, 6.45) is 0. The molecule has 0 heterocycles. The maximum Gasteiger partial charge on any atom is 0.186 e. The first-order valence-corrected chi connectivity index (χ1v) is 4.30. The molecule has 0 aliphatic heterocycles. The van der Waals surface area contributed by atoms with Crippen LogP contribution in [0.4, 0.5) is 0 Å². The molecule has 0 aromatic rings. The number of nitrogens with zero attached hydrogens (tertiary/aromatic N) is 1. The Morgan fingerprint density at radius 2 is 1.00 bits per heavy atom. The molecule has 5 heteroatoms. The summed E-state index contributed by atoms with van der Waals surface area (Å²) in [7, 11) is 0. The fraction of sp³-hybridized carbons (Fsp3) is 0.667. The van der Waals surface area contributed by atoms with Crippen LogP contribution >= 0.6 is 0 Å². The number of carbonyl (C=O) groups excluding carboxylic acids is 3. The first kappa shape index (κ1) is 12.9. The Labute approximate surface area is 82.9 Å². The van der Waals surface area contributed by atoms with Gasteiger partial charge in [0.05, 0.1) is 0 Å². The predicted octanol–water partition coefficient (Wildman–Crippen LogP) is -0.0843. The Hall–Kier alpha value is -1.07. The minimum atomic E-state index is -1.06. The van der Waals surface area contributed by atoms with Crippen molar-refractivity contribution < 1.29 is 24.2 Å². The number of ketones is 3. The van der Waals surface area contributed by atoms with Crippen LogP contribution in [0.2, 0.25) is 0 Å². The highest BCUT2D eigenvalue weighted by Crippen LogP contribution is 2.03. The summed E-state index contributed by atoms with van der Waals surface area (Å²) in [5.74, 6) is -0.951. The molecule has 0 N–H and O–H groups in total. The molecule has 0 saturated carbocycles. The van der Waals surface area contributed by atoms with Crippen molar-refractivity contribution in [2.45, 2.75) is 20.8 Å². The van der Waals surface area contributed by atoms with Crippen molar-refractivity contribution in [3.8, 4) is 0 Å². The maximum absolute atomic E-state index is 11.8. The number of hydrogen-bond acceptors (Lipinski definition) is 3. The second-order valence-corrected chi connectivity index (χ2v) is 3.64. The molecular weight excluding hydrogens is 186 g/mol. The lowest BCUT2D eigenvalue weighted by Gasteiger charge is -2.22. The third kappa shape index (κ3) is 5.55. The fourth-order valence-electron chi connectivity index (χ4n) is 1.39. The number of carbonyl (C=O) groups is 3.